The second kappa shape index (κ2) is 18.7. The maximum absolute atomic E-state index is 11.9. The van der Waals surface area contributed by atoms with E-state index >= 15 is 0 Å². The molecule has 0 bridgehead atoms. The number of nitrogens with zero attached hydrogens (tertiary/aromatic N) is 2. The zero-order valence-corrected chi connectivity index (χ0v) is 22.6. The van der Waals surface area contributed by atoms with Crippen molar-refractivity contribution in [2.45, 2.75) is 78.9 Å². The number of aliphatic hydroxyl groups is 1. The van der Waals surface area contributed by atoms with E-state index in [1.807, 2.05) is 26.8 Å². The molecule has 0 radical (unpaired) electrons. The predicted octanol–water partition coefficient (Wildman–Crippen LogP) is 5.63. The Morgan fingerprint density at radius 3 is 2.37 bits per heavy atom. The molecule has 1 amide bonds. The van der Waals surface area contributed by atoms with E-state index in [4.69, 9.17) is 11.2 Å². The van der Waals surface area contributed by atoms with E-state index in [9.17, 15) is 9.59 Å². The van der Waals surface area contributed by atoms with Gasteiger partial charge in [0.15, 0.2) is 0 Å². The van der Waals surface area contributed by atoms with Gasteiger partial charge in [0.2, 0.25) is 0 Å². The van der Waals surface area contributed by atoms with Gasteiger partial charge in [-0.2, -0.15) is 0 Å². The number of aliphatic hydroxyl groups excluding tert-OH is 1. The predicted molar refractivity (Wildman–Crippen MR) is 150 cm³/mol. The Kier molecular flexibility index (Phi) is 16.9. The minimum absolute atomic E-state index is 0. The topological polar surface area (TPSA) is 70.1 Å². The van der Waals surface area contributed by atoms with Gasteiger partial charge < -0.3 is 19.5 Å². The molecule has 2 fully saturated rings. The molecule has 2 aliphatic rings. The Bertz CT molecular complexity index is 703. The second-order valence-corrected chi connectivity index (χ2v) is 10.1. The van der Waals surface area contributed by atoms with Crippen LogP contribution in [0.15, 0.2) is 30.3 Å². The molecule has 7 heteroatoms. The van der Waals surface area contributed by atoms with Gasteiger partial charge in [0.25, 0.3) is 0 Å². The maximum atomic E-state index is 11.9. The van der Waals surface area contributed by atoms with Crippen LogP contribution in [-0.4, -0.2) is 72.3 Å². The lowest BCUT2D eigenvalue weighted by Gasteiger charge is -2.27. The van der Waals surface area contributed by atoms with E-state index in [2.05, 4.69) is 38.4 Å². The number of likely N-dealkylation sites (tertiary alicyclic amines) is 2. The molecule has 202 valence electrons. The standard InChI is InChI=1S/C14H19NO.C12H23NO3.CH5P.CH4/c16-12-14-8-4-5-9-15(11-14)10-13-6-2-1-3-7-13;1-12(2,3)16-11(15)13-7-5-4-6-10(8-13)9-14;1-2;/h1-3,6-7,12,14H,4-5,8-11H2;10,14H,4-9H2,1-3H3;2H2,1H3;1H4/i;;1D;. The number of ether oxygens (including phenoxy) is 1. The van der Waals surface area contributed by atoms with Gasteiger partial charge in [0.05, 0.1) is 0 Å². The maximum Gasteiger partial charge on any atom is 0.410 e. The molecule has 2 saturated heterocycles. The zero-order valence-electron chi connectivity index (χ0n) is 22.5. The third kappa shape index (κ3) is 14.6. The Morgan fingerprint density at radius 1 is 1.14 bits per heavy atom. The summed E-state index contributed by atoms with van der Waals surface area (Å²) in [5.41, 5.74) is 0.895. The molecule has 0 aromatic heterocycles. The lowest BCUT2D eigenvalue weighted by molar-refractivity contribution is -0.111. The lowest BCUT2D eigenvalue weighted by atomic mass is 10.1. The molecule has 2 aliphatic heterocycles. The van der Waals surface area contributed by atoms with E-state index in [0.717, 1.165) is 58.1 Å². The SMILES string of the molecule is C.CC(C)(C)OC(=O)N1CCCCC(CO)C1.O=CC1CCCCN(Cc2ccccc2)C1.[2H]CP. The fourth-order valence-corrected chi connectivity index (χ4v) is 4.22. The average molecular weight is 512 g/mol. The minimum atomic E-state index is -0.446. The van der Waals surface area contributed by atoms with Gasteiger partial charge in [-0.1, -0.05) is 57.2 Å². The van der Waals surface area contributed by atoms with Crippen molar-refractivity contribution in [2.75, 3.05) is 39.4 Å². The molecule has 35 heavy (non-hydrogen) atoms. The van der Waals surface area contributed by atoms with Crippen molar-refractivity contribution in [3.05, 3.63) is 35.9 Å². The first-order valence-electron chi connectivity index (χ1n) is 13.2. The van der Waals surface area contributed by atoms with Gasteiger partial charge in [-0.15, -0.1) is 9.24 Å². The van der Waals surface area contributed by atoms with Crippen molar-refractivity contribution in [2.24, 2.45) is 11.8 Å². The molecule has 3 rings (SSSR count). The molecule has 1 aromatic rings. The molecule has 2 heterocycles. The molecule has 0 saturated carbocycles. The summed E-state index contributed by atoms with van der Waals surface area (Å²) in [6, 6.07) is 10.5. The van der Waals surface area contributed by atoms with Gasteiger partial charge in [-0.05, 0) is 64.5 Å². The number of hydrogen-bond acceptors (Lipinski definition) is 5. The lowest BCUT2D eigenvalue weighted by Crippen LogP contribution is -2.39. The van der Waals surface area contributed by atoms with E-state index in [1.54, 1.807) is 4.90 Å². The van der Waals surface area contributed by atoms with Crippen LogP contribution in [0.25, 0.3) is 0 Å². The van der Waals surface area contributed by atoms with Crippen LogP contribution >= 0.6 is 9.24 Å². The normalized spacial score (nSPS) is 21.3. The van der Waals surface area contributed by atoms with Crippen LogP contribution in [0.3, 0.4) is 0 Å². The number of aldehydes is 1. The number of carbonyl (C=O) groups is 2. The molecule has 6 nitrogen and oxygen atoms in total. The molecule has 0 spiro atoms. The summed E-state index contributed by atoms with van der Waals surface area (Å²) in [7, 11) is 2.25. The molecule has 3 unspecified atom stereocenters. The summed E-state index contributed by atoms with van der Waals surface area (Å²) < 4.78 is 11.5. The van der Waals surface area contributed by atoms with E-state index in [1.165, 1.54) is 18.4 Å². The van der Waals surface area contributed by atoms with Gasteiger partial charge in [0.1, 0.15) is 11.9 Å². The van der Waals surface area contributed by atoms with Crippen molar-refractivity contribution < 1.29 is 20.8 Å². The van der Waals surface area contributed by atoms with E-state index in [-0.39, 0.29) is 32.0 Å². The highest BCUT2D eigenvalue weighted by Crippen LogP contribution is 2.19. The summed E-state index contributed by atoms with van der Waals surface area (Å²) in [6.07, 6.45) is 7.41. The summed E-state index contributed by atoms with van der Waals surface area (Å²) in [5, 5.41) is 9.17. The monoisotopic (exact) mass is 511 g/mol. The summed E-state index contributed by atoms with van der Waals surface area (Å²) >= 11 is 0. The molecular formula is C28H51N2O4P. The Hall–Kier alpha value is -1.49. The molecule has 3 atom stereocenters. The Labute approximate surface area is 218 Å². The number of hydrogen-bond donors (Lipinski definition) is 1. The Balaban J connectivity index is 0.000000599. The van der Waals surface area contributed by atoms with Crippen LogP contribution in [0.1, 0.15) is 73.7 Å². The van der Waals surface area contributed by atoms with Gasteiger partial charge in [-0.25, -0.2) is 4.79 Å². The second-order valence-electron chi connectivity index (χ2n) is 10.1. The van der Waals surface area contributed by atoms with E-state index in [0.29, 0.717) is 13.2 Å². The first-order valence-corrected chi connectivity index (χ1v) is 13.3. The van der Waals surface area contributed by atoms with Gasteiger partial charge in [-0.3, -0.25) is 4.90 Å². The third-order valence-electron chi connectivity index (χ3n) is 5.91. The molecular weight excluding hydrogens is 459 g/mol. The highest BCUT2D eigenvalue weighted by molar-refractivity contribution is 7.15. The molecule has 0 aliphatic carbocycles. The van der Waals surface area contributed by atoms with Crippen molar-refractivity contribution in [3.63, 3.8) is 0 Å². The quantitative estimate of drug-likeness (QED) is 0.419. The molecule has 1 N–H and O–H groups in total. The average Bonchev–Trinajstić information content (AvgIpc) is 3.20. The van der Waals surface area contributed by atoms with E-state index < -0.39 is 5.60 Å². The number of benzene rings is 1. The number of carbonyl (C=O) groups excluding carboxylic acids is 2. The van der Waals surface area contributed by atoms with Gasteiger partial charge >= 0.3 is 6.09 Å². The smallest absolute Gasteiger partial charge is 0.410 e. The van der Waals surface area contributed by atoms with Crippen molar-refractivity contribution in [1.29, 1.82) is 0 Å². The van der Waals surface area contributed by atoms with Crippen LogP contribution in [0, 0.1) is 11.8 Å². The van der Waals surface area contributed by atoms with Crippen LogP contribution in [0.4, 0.5) is 4.79 Å². The fourth-order valence-electron chi connectivity index (χ4n) is 4.22. The molecule has 1 aromatic carbocycles. The van der Waals surface area contributed by atoms with Crippen LogP contribution < -0.4 is 0 Å². The van der Waals surface area contributed by atoms with Crippen LogP contribution in [-0.2, 0) is 16.1 Å². The Morgan fingerprint density at radius 2 is 1.77 bits per heavy atom. The zero-order chi connectivity index (χ0) is 26.1. The minimum Gasteiger partial charge on any atom is -0.444 e. The van der Waals surface area contributed by atoms with Crippen LogP contribution in [0.5, 0.6) is 0 Å². The highest BCUT2D eigenvalue weighted by Gasteiger charge is 2.26. The fraction of sp³-hybridized carbons (Fsp3) is 0.714. The van der Waals surface area contributed by atoms with Crippen molar-refractivity contribution >= 4 is 21.6 Å². The van der Waals surface area contributed by atoms with Crippen molar-refractivity contribution in [3.8, 4) is 0 Å². The largest absolute Gasteiger partial charge is 0.444 e. The van der Waals surface area contributed by atoms with Crippen LogP contribution in [0.2, 0.25) is 0 Å². The van der Waals surface area contributed by atoms with Gasteiger partial charge in [0, 0.05) is 40.1 Å². The summed E-state index contributed by atoms with van der Waals surface area (Å²) in [5.74, 6) is 0.446. The number of rotatable bonds is 4. The first-order chi connectivity index (χ1) is 16.7. The third-order valence-corrected chi connectivity index (χ3v) is 5.91. The summed E-state index contributed by atoms with van der Waals surface area (Å²) in [4.78, 5) is 26.9. The van der Waals surface area contributed by atoms with Crippen molar-refractivity contribution in [1.82, 2.24) is 9.80 Å². The first kappa shape index (κ1) is 31.5. The number of amides is 1. The highest BCUT2D eigenvalue weighted by atomic mass is 31.0. The summed E-state index contributed by atoms with van der Waals surface area (Å²) in [6.45, 7) is 10.6.